The molecule has 0 saturated carbocycles. The number of aryl methyl sites for hydroxylation is 1. The maximum atomic E-state index is 6.21. The van der Waals surface area contributed by atoms with Crippen molar-refractivity contribution in [3.63, 3.8) is 0 Å². The molecule has 0 fully saturated rings. The molecule has 0 bridgehead atoms. The number of nitrogens with one attached hydrogen (secondary N) is 1. The van der Waals surface area contributed by atoms with Gasteiger partial charge in [0.25, 0.3) is 0 Å². The predicted molar refractivity (Wildman–Crippen MR) is 118 cm³/mol. The molecule has 28 heavy (non-hydrogen) atoms. The molecule has 0 atom stereocenters. The van der Waals surface area contributed by atoms with Crippen LogP contribution in [0.3, 0.4) is 0 Å². The van der Waals surface area contributed by atoms with Gasteiger partial charge in [-0.1, -0.05) is 59.6 Å². The van der Waals surface area contributed by atoms with Crippen LogP contribution in [0.2, 0.25) is 5.02 Å². The maximum Gasteiger partial charge on any atom is 0.175 e. The summed E-state index contributed by atoms with van der Waals surface area (Å²) in [5, 5.41) is 4.16. The number of benzene rings is 3. The second-order valence-electron chi connectivity index (χ2n) is 6.58. The minimum Gasteiger partial charge on any atom is -0.493 e. The average Bonchev–Trinajstić information content (AvgIpc) is 2.69. The summed E-state index contributed by atoms with van der Waals surface area (Å²) < 4.78 is 12.4. The highest BCUT2D eigenvalue weighted by Gasteiger charge is 2.13. The van der Waals surface area contributed by atoms with Crippen molar-refractivity contribution in [1.29, 1.82) is 0 Å². The van der Waals surface area contributed by atoms with Crippen molar-refractivity contribution in [3.05, 3.63) is 92.4 Å². The first kappa shape index (κ1) is 20.7. The van der Waals surface area contributed by atoms with E-state index in [1.807, 2.05) is 36.4 Å². The van der Waals surface area contributed by atoms with Crippen molar-refractivity contribution in [2.45, 2.75) is 26.6 Å². The summed E-state index contributed by atoms with van der Waals surface area (Å²) in [6.07, 6.45) is 0. The Kier molecular flexibility index (Phi) is 7.37. The van der Waals surface area contributed by atoms with Crippen LogP contribution in [-0.2, 0) is 19.7 Å². The van der Waals surface area contributed by atoms with Crippen molar-refractivity contribution < 1.29 is 9.47 Å². The van der Waals surface area contributed by atoms with Crippen molar-refractivity contribution in [2.24, 2.45) is 0 Å². The highest BCUT2D eigenvalue weighted by Crippen LogP contribution is 2.37. The SMILES string of the molecule is COc1cc(CNCc2ccc(C)cc2)cc(Br)c1OCc1ccccc1Cl. The van der Waals surface area contributed by atoms with Gasteiger partial charge in [0.05, 0.1) is 11.6 Å². The van der Waals surface area contributed by atoms with Crippen LogP contribution in [0.4, 0.5) is 0 Å². The Morgan fingerprint density at radius 1 is 0.964 bits per heavy atom. The van der Waals surface area contributed by atoms with Crippen LogP contribution in [-0.4, -0.2) is 7.11 Å². The highest BCUT2D eigenvalue weighted by molar-refractivity contribution is 9.10. The summed E-state index contributed by atoms with van der Waals surface area (Å²) in [5.74, 6) is 1.36. The summed E-state index contributed by atoms with van der Waals surface area (Å²) in [6.45, 7) is 4.01. The minimum atomic E-state index is 0.375. The summed E-state index contributed by atoms with van der Waals surface area (Å²) in [6, 6.07) is 20.2. The normalized spacial score (nSPS) is 10.7. The first-order chi connectivity index (χ1) is 13.6. The lowest BCUT2D eigenvalue weighted by Gasteiger charge is -2.15. The van der Waals surface area contributed by atoms with E-state index in [0.717, 1.165) is 28.7 Å². The van der Waals surface area contributed by atoms with Crippen LogP contribution in [0.15, 0.2) is 65.1 Å². The molecule has 0 aliphatic carbocycles. The zero-order valence-corrected chi connectivity index (χ0v) is 18.3. The number of hydrogen-bond donors (Lipinski definition) is 1. The maximum absolute atomic E-state index is 6.21. The van der Waals surface area contributed by atoms with Crippen molar-refractivity contribution >= 4 is 27.5 Å². The zero-order valence-electron chi connectivity index (χ0n) is 16.0. The van der Waals surface area contributed by atoms with Gasteiger partial charge in [0, 0.05) is 23.7 Å². The molecular formula is C23H23BrClNO2. The van der Waals surface area contributed by atoms with E-state index in [4.69, 9.17) is 21.1 Å². The van der Waals surface area contributed by atoms with Gasteiger partial charge >= 0.3 is 0 Å². The van der Waals surface area contributed by atoms with E-state index in [1.54, 1.807) is 7.11 Å². The molecule has 0 aliphatic rings. The lowest BCUT2D eigenvalue weighted by molar-refractivity contribution is 0.282. The van der Waals surface area contributed by atoms with Crippen molar-refractivity contribution in [2.75, 3.05) is 7.11 Å². The molecule has 1 N–H and O–H groups in total. The smallest absolute Gasteiger partial charge is 0.175 e. The zero-order chi connectivity index (χ0) is 19.9. The van der Waals surface area contributed by atoms with Gasteiger partial charge in [-0.2, -0.15) is 0 Å². The molecule has 0 aromatic heterocycles. The fraction of sp³-hybridized carbons (Fsp3) is 0.217. The molecule has 0 spiro atoms. The largest absolute Gasteiger partial charge is 0.493 e. The van der Waals surface area contributed by atoms with Crippen molar-refractivity contribution in [1.82, 2.24) is 5.32 Å². The van der Waals surface area contributed by atoms with Gasteiger partial charge in [-0.15, -0.1) is 0 Å². The summed E-state index contributed by atoms with van der Waals surface area (Å²) in [4.78, 5) is 0. The lowest BCUT2D eigenvalue weighted by atomic mass is 10.1. The molecule has 0 aliphatic heterocycles. The standard InChI is InChI=1S/C23H23BrClNO2/c1-16-7-9-17(10-8-16)13-26-14-18-11-20(24)23(22(12-18)27-2)28-15-19-5-3-4-6-21(19)25/h3-12,26H,13-15H2,1-2H3. The Balaban J connectivity index is 1.65. The second-order valence-corrected chi connectivity index (χ2v) is 7.84. The monoisotopic (exact) mass is 459 g/mol. The number of methoxy groups -OCH3 is 1. The van der Waals surface area contributed by atoms with E-state index in [-0.39, 0.29) is 0 Å². The fourth-order valence-corrected chi connectivity index (χ4v) is 3.63. The van der Waals surface area contributed by atoms with E-state index in [0.29, 0.717) is 23.1 Å². The molecule has 3 rings (SSSR count). The third-order valence-electron chi connectivity index (χ3n) is 4.40. The predicted octanol–water partition coefficient (Wildman–Crippen LogP) is 6.29. The Morgan fingerprint density at radius 2 is 1.68 bits per heavy atom. The summed E-state index contributed by atoms with van der Waals surface area (Å²) in [7, 11) is 1.65. The molecule has 5 heteroatoms. The molecule has 0 unspecified atom stereocenters. The number of ether oxygens (including phenoxy) is 2. The summed E-state index contributed by atoms with van der Waals surface area (Å²) >= 11 is 9.82. The van der Waals surface area contributed by atoms with Gasteiger partial charge in [-0.05, 0) is 52.2 Å². The van der Waals surface area contributed by atoms with Gasteiger partial charge in [0.1, 0.15) is 6.61 Å². The molecule has 0 saturated heterocycles. The highest BCUT2D eigenvalue weighted by atomic mass is 79.9. The Hall–Kier alpha value is -2.01. The number of rotatable bonds is 8. The first-order valence-corrected chi connectivity index (χ1v) is 10.2. The topological polar surface area (TPSA) is 30.5 Å². The van der Waals surface area contributed by atoms with E-state index in [1.165, 1.54) is 11.1 Å². The van der Waals surface area contributed by atoms with E-state index >= 15 is 0 Å². The Morgan fingerprint density at radius 3 is 2.39 bits per heavy atom. The lowest BCUT2D eigenvalue weighted by Crippen LogP contribution is -2.13. The van der Waals surface area contributed by atoms with Crippen LogP contribution in [0.1, 0.15) is 22.3 Å². The average molecular weight is 461 g/mol. The summed E-state index contributed by atoms with van der Waals surface area (Å²) in [5.41, 5.74) is 4.57. The molecule has 0 radical (unpaired) electrons. The van der Waals surface area contributed by atoms with Crippen LogP contribution in [0.5, 0.6) is 11.5 Å². The van der Waals surface area contributed by atoms with Gasteiger partial charge in [-0.25, -0.2) is 0 Å². The first-order valence-electron chi connectivity index (χ1n) is 9.05. The molecule has 0 amide bonds. The van der Waals surface area contributed by atoms with Crippen LogP contribution in [0, 0.1) is 6.92 Å². The van der Waals surface area contributed by atoms with E-state index in [2.05, 4.69) is 52.4 Å². The number of halogens is 2. The van der Waals surface area contributed by atoms with Crippen molar-refractivity contribution in [3.8, 4) is 11.5 Å². The van der Waals surface area contributed by atoms with E-state index in [9.17, 15) is 0 Å². The minimum absolute atomic E-state index is 0.375. The van der Waals surface area contributed by atoms with Gasteiger partial charge < -0.3 is 14.8 Å². The Bertz CT molecular complexity index is 928. The third-order valence-corrected chi connectivity index (χ3v) is 5.36. The quantitative estimate of drug-likeness (QED) is 0.428. The molecule has 3 aromatic carbocycles. The van der Waals surface area contributed by atoms with E-state index < -0.39 is 0 Å². The molecule has 146 valence electrons. The Labute approximate surface area is 179 Å². The number of hydrogen-bond acceptors (Lipinski definition) is 3. The van der Waals surface area contributed by atoms with Crippen LogP contribution < -0.4 is 14.8 Å². The molecular weight excluding hydrogens is 438 g/mol. The van der Waals surface area contributed by atoms with Crippen LogP contribution >= 0.6 is 27.5 Å². The van der Waals surface area contributed by atoms with Crippen LogP contribution in [0.25, 0.3) is 0 Å². The molecule has 3 aromatic rings. The third kappa shape index (κ3) is 5.51. The molecule has 3 nitrogen and oxygen atoms in total. The molecule has 0 heterocycles. The van der Waals surface area contributed by atoms with Gasteiger partial charge in [0.15, 0.2) is 11.5 Å². The van der Waals surface area contributed by atoms with Gasteiger partial charge in [-0.3, -0.25) is 0 Å². The van der Waals surface area contributed by atoms with Gasteiger partial charge in [0.2, 0.25) is 0 Å². The fourth-order valence-electron chi connectivity index (χ4n) is 2.84. The second kappa shape index (κ2) is 9.97.